The van der Waals surface area contributed by atoms with Crippen LogP contribution in [0.1, 0.15) is 12.0 Å². The lowest BCUT2D eigenvalue weighted by molar-refractivity contribution is -0.148. The van der Waals surface area contributed by atoms with Crippen LogP contribution >= 0.6 is 0 Å². The van der Waals surface area contributed by atoms with E-state index in [0.29, 0.717) is 0 Å². The van der Waals surface area contributed by atoms with Crippen molar-refractivity contribution in [3.8, 4) is 0 Å². The predicted molar refractivity (Wildman–Crippen MR) is 79.6 cm³/mol. The van der Waals surface area contributed by atoms with Crippen LogP contribution in [-0.2, 0) is 30.4 Å². The average molecular weight is 321 g/mol. The fourth-order valence-electron chi connectivity index (χ4n) is 2.54. The first-order chi connectivity index (χ1) is 11.1. The van der Waals surface area contributed by atoms with Crippen molar-refractivity contribution < 1.29 is 28.6 Å². The van der Waals surface area contributed by atoms with Gasteiger partial charge in [-0.3, -0.25) is 9.69 Å². The van der Waals surface area contributed by atoms with Crippen LogP contribution in [0.15, 0.2) is 30.3 Å². The number of nitrogens with zero attached hydrogens (tertiary/aromatic N) is 1. The summed E-state index contributed by atoms with van der Waals surface area (Å²) in [5.41, 5.74) is 0.810. The van der Waals surface area contributed by atoms with Crippen molar-refractivity contribution in [1.29, 1.82) is 0 Å². The average Bonchev–Trinajstić information content (AvgIpc) is 2.89. The molecule has 0 spiro atoms. The third kappa shape index (κ3) is 3.87. The van der Waals surface area contributed by atoms with Crippen LogP contribution in [0.3, 0.4) is 0 Å². The highest BCUT2D eigenvalue weighted by Crippen LogP contribution is 2.24. The summed E-state index contributed by atoms with van der Waals surface area (Å²) in [6.07, 6.45) is -0.703. The molecule has 0 bridgehead atoms. The summed E-state index contributed by atoms with van der Waals surface area (Å²) >= 11 is 0. The van der Waals surface area contributed by atoms with Crippen LogP contribution in [0.25, 0.3) is 0 Å². The lowest BCUT2D eigenvalue weighted by atomic mass is 10.2. The summed E-state index contributed by atoms with van der Waals surface area (Å²) < 4.78 is 14.9. The van der Waals surface area contributed by atoms with Crippen LogP contribution < -0.4 is 0 Å². The third-order valence-electron chi connectivity index (χ3n) is 3.61. The topological polar surface area (TPSA) is 82.1 Å². The van der Waals surface area contributed by atoms with Gasteiger partial charge in [0, 0.05) is 13.5 Å². The number of esters is 1. The minimum Gasteiger partial charge on any atom is -0.467 e. The van der Waals surface area contributed by atoms with Gasteiger partial charge >= 0.3 is 12.1 Å². The molecule has 0 N–H and O–H groups in total. The molecule has 1 fully saturated rings. The lowest BCUT2D eigenvalue weighted by Crippen LogP contribution is -2.48. The Morgan fingerprint density at radius 3 is 2.52 bits per heavy atom. The van der Waals surface area contributed by atoms with Gasteiger partial charge in [0.15, 0.2) is 11.8 Å². The Morgan fingerprint density at radius 1 is 1.22 bits per heavy atom. The quantitative estimate of drug-likeness (QED) is 0.598. The van der Waals surface area contributed by atoms with E-state index in [2.05, 4.69) is 4.74 Å². The van der Waals surface area contributed by atoms with Gasteiger partial charge in [-0.05, 0) is 5.56 Å². The van der Waals surface area contributed by atoms with Crippen molar-refractivity contribution in [2.45, 2.75) is 25.1 Å². The zero-order chi connectivity index (χ0) is 16.8. The highest BCUT2D eigenvalue weighted by molar-refractivity contribution is 6.07. The zero-order valence-electron chi connectivity index (χ0n) is 13.1. The summed E-state index contributed by atoms with van der Waals surface area (Å²) in [4.78, 5) is 37.4. The number of hydrogen-bond donors (Lipinski definition) is 0. The monoisotopic (exact) mass is 321 g/mol. The molecule has 1 aliphatic rings. The number of carbonyl (C=O) groups is 3. The van der Waals surface area contributed by atoms with E-state index in [0.717, 1.165) is 10.5 Å². The fourth-order valence-corrected chi connectivity index (χ4v) is 2.54. The van der Waals surface area contributed by atoms with E-state index >= 15 is 0 Å². The Labute approximate surface area is 134 Å². The highest BCUT2D eigenvalue weighted by atomic mass is 16.6. The summed E-state index contributed by atoms with van der Waals surface area (Å²) in [7, 11) is 2.64. The molecule has 1 aliphatic heterocycles. The molecule has 2 atom stereocenters. The molecular formula is C16H19NO6. The van der Waals surface area contributed by atoms with Crippen LogP contribution in [-0.4, -0.2) is 55.7 Å². The smallest absolute Gasteiger partial charge is 0.411 e. The summed E-state index contributed by atoms with van der Waals surface area (Å²) in [6.45, 7) is 0.192. The van der Waals surface area contributed by atoms with Crippen LogP contribution in [0.2, 0.25) is 0 Å². The maximum atomic E-state index is 12.4. The number of rotatable bonds is 5. The van der Waals surface area contributed by atoms with Gasteiger partial charge in [0.2, 0.25) is 0 Å². The van der Waals surface area contributed by atoms with Gasteiger partial charge in [-0.2, -0.15) is 0 Å². The first kappa shape index (κ1) is 17.0. The minimum atomic E-state index is -1.27. The van der Waals surface area contributed by atoms with Crippen LogP contribution in [0.5, 0.6) is 0 Å². The lowest BCUT2D eigenvalue weighted by Gasteiger charge is -2.26. The zero-order valence-corrected chi connectivity index (χ0v) is 13.1. The number of Topliss-reactive ketones (excluding diaryl/α,β-unsaturated/α-hetero) is 1. The Bertz CT molecular complexity index is 573. The number of ether oxygens (including phenoxy) is 3. The first-order valence-electron chi connectivity index (χ1n) is 7.17. The molecule has 0 aromatic heterocycles. The summed E-state index contributed by atoms with van der Waals surface area (Å²) in [5.74, 6) is -1.15. The van der Waals surface area contributed by atoms with Gasteiger partial charge in [-0.15, -0.1) is 0 Å². The van der Waals surface area contributed by atoms with Gasteiger partial charge in [-0.25, -0.2) is 9.59 Å². The Kier molecular flexibility index (Phi) is 5.70. The van der Waals surface area contributed by atoms with Gasteiger partial charge in [0.1, 0.15) is 6.61 Å². The molecule has 7 nitrogen and oxygen atoms in total. The molecule has 2 rings (SSSR count). The Hall–Kier alpha value is -2.41. The summed E-state index contributed by atoms with van der Waals surface area (Å²) in [5, 5.41) is 0. The SMILES string of the molecule is COC[C@@H]1CC(=O)C(C(=O)OC)N1C(=O)OCc1ccccc1. The second kappa shape index (κ2) is 7.73. The van der Waals surface area contributed by atoms with Crippen molar-refractivity contribution in [2.24, 2.45) is 0 Å². The second-order valence-corrected chi connectivity index (χ2v) is 5.15. The normalized spacial score (nSPS) is 20.4. The molecule has 0 aliphatic carbocycles. The summed E-state index contributed by atoms with van der Waals surface area (Å²) in [6, 6.07) is 7.32. The number of hydrogen-bond acceptors (Lipinski definition) is 6. The van der Waals surface area contributed by atoms with Crippen LogP contribution in [0.4, 0.5) is 4.79 Å². The van der Waals surface area contributed by atoms with Gasteiger partial charge in [0.05, 0.1) is 19.8 Å². The largest absolute Gasteiger partial charge is 0.467 e. The van der Waals surface area contributed by atoms with Gasteiger partial charge < -0.3 is 14.2 Å². The molecule has 23 heavy (non-hydrogen) atoms. The van der Waals surface area contributed by atoms with E-state index in [4.69, 9.17) is 9.47 Å². The number of amides is 1. The van der Waals surface area contributed by atoms with Crippen molar-refractivity contribution in [3.05, 3.63) is 35.9 Å². The Balaban J connectivity index is 2.11. The van der Waals surface area contributed by atoms with Crippen molar-refractivity contribution >= 4 is 17.8 Å². The number of carbonyl (C=O) groups excluding carboxylic acids is 3. The van der Waals surface area contributed by atoms with Crippen molar-refractivity contribution in [3.63, 3.8) is 0 Å². The molecule has 7 heteroatoms. The van der Waals surface area contributed by atoms with E-state index < -0.39 is 24.1 Å². The third-order valence-corrected chi connectivity index (χ3v) is 3.61. The van der Waals surface area contributed by atoms with E-state index in [1.54, 1.807) is 0 Å². The van der Waals surface area contributed by atoms with E-state index in [1.165, 1.54) is 14.2 Å². The molecule has 1 unspecified atom stereocenters. The molecule has 1 aromatic carbocycles. The molecular weight excluding hydrogens is 302 g/mol. The molecule has 0 radical (unpaired) electrons. The van der Waals surface area contributed by atoms with Crippen molar-refractivity contribution in [2.75, 3.05) is 20.8 Å². The van der Waals surface area contributed by atoms with Gasteiger partial charge in [0.25, 0.3) is 0 Å². The fraction of sp³-hybridized carbons (Fsp3) is 0.438. The number of ketones is 1. The predicted octanol–water partition coefficient (Wildman–Crippen LogP) is 1.15. The number of benzene rings is 1. The highest BCUT2D eigenvalue weighted by Gasteiger charge is 2.48. The molecule has 1 amide bonds. The Morgan fingerprint density at radius 2 is 1.91 bits per heavy atom. The maximum absolute atomic E-state index is 12.4. The molecule has 1 saturated heterocycles. The maximum Gasteiger partial charge on any atom is 0.411 e. The minimum absolute atomic E-state index is 0.0358. The number of methoxy groups -OCH3 is 2. The molecule has 0 saturated carbocycles. The van der Waals surface area contributed by atoms with Crippen LogP contribution in [0, 0.1) is 0 Å². The van der Waals surface area contributed by atoms with E-state index in [1.807, 2.05) is 30.3 Å². The van der Waals surface area contributed by atoms with E-state index in [9.17, 15) is 14.4 Å². The first-order valence-corrected chi connectivity index (χ1v) is 7.17. The molecule has 1 aromatic rings. The van der Waals surface area contributed by atoms with E-state index in [-0.39, 0.29) is 25.4 Å². The molecule has 1 heterocycles. The standard InChI is InChI=1S/C16H19NO6/c1-21-10-12-8-13(18)14(15(19)22-2)17(12)16(20)23-9-11-6-4-3-5-7-11/h3-7,12,14H,8-10H2,1-2H3/t12-,14?/m0/s1. The van der Waals surface area contributed by atoms with Gasteiger partial charge in [-0.1, -0.05) is 30.3 Å². The molecule has 124 valence electrons. The second-order valence-electron chi connectivity index (χ2n) is 5.15. The number of likely N-dealkylation sites (tertiary alicyclic amines) is 1. The van der Waals surface area contributed by atoms with Crippen molar-refractivity contribution in [1.82, 2.24) is 4.90 Å².